The lowest BCUT2D eigenvalue weighted by Crippen LogP contribution is -2.33. The van der Waals surface area contributed by atoms with E-state index in [4.69, 9.17) is 4.74 Å². The van der Waals surface area contributed by atoms with Crippen LogP contribution in [0.5, 0.6) is 5.75 Å². The molecule has 0 aliphatic rings. The molecule has 0 saturated heterocycles. The van der Waals surface area contributed by atoms with Crippen LogP contribution in [0.3, 0.4) is 0 Å². The highest BCUT2D eigenvalue weighted by Gasteiger charge is 2.19. The zero-order chi connectivity index (χ0) is 20.3. The van der Waals surface area contributed by atoms with Crippen LogP contribution in [0, 0.1) is 13.8 Å². The standard InChI is InChI=1S/C22H23N3O3/c1-14-5-8-17(9-6-14)18-10-12-21(26)25(24-18)16(3)22(27)23-19-13-15(2)7-11-20(19)28-4/h5-13,16H,1-4H3,(H,23,27). The number of nitrogens with zero attached hydrogens (tertiary/aromatic N) is 2. The third-order valence-corrected chi connectivity index (χ3v) is 4.53. The van der Waals surface area contributed by atoms with Crippen LogP contribution in [0.2, 0.25) is 0 Å². The van der Waals surface area contributed by atoms with Gasteiger partial charge in [-0.25, -0.2) is 4.68 Å². The molecule has 0 bridgehead atoms. The first kappa shape index (κ1) is 19.4. The number of hydrogen-bond acceptors (Lipinski definition) is 4. The molecule has 1 aromatic heterocycles. The molecule has 0 fully saturated rings. The molecule has 0 aliphatic heterocycles. The first-order valence-electron chi connectivity index (χ1n) is 9.01. The summed E-state index contributed by atoms with van der Waals surface area (Å²) < 4.78 is 6.50. The Morgan fingerprint density at radius 3 is 2.39 bits per heavy atom. The van der Waals surface area contributed by atoms with E-state index in [0.717, 1.165) is 16.7 Å². The number of methoxy groups -OCH3 is 1. The molecule has 1 atom stereocenters. The summed E-state index contributed by atoms with van der Waals surface area (Å²) in [6.45, 7) is 5.57. The van der Waals surface area contributed by atoms with E-state index in [-0.39, 0.29) is 11.5 Å². The van der Waals surface area contributed by atoms with Crippen LogP contribution in [0.4, 0.5) is 5.69 Å². The zero-order valence-electron chi connectivity index (χ0n) is 16.4. The summed E-state index contributed by atoms with van der Waals surface area (Å²) in [7, 11) is 1.54. The van der Waals surface area contributed by atoms with E-state index in [0.29, 0.717) is 17.1 Å². The van der Waals surface area contributed by atoms with Gasteiger partial charge in [0.05, 0.1) is 18.5 Å². The molecule has 2 aromatic carbocycles. The molecule has 1 unspecified atom stereocenters. The fourth-order valence-electron chi connectivity index (χ4n) is 2.85. The number of aryl methyl sites for hydroxylation is 2. The van der Waals surface area contributed by atoms with Crippen molar-refractivity contribution in [1.82, 2.24) is 9.78 Å². The molecule has 3 rings (SSSR count). The van der Waals surface area contributed by atoms with E-state index in [1.807, 2.05) is 50.2 Å². The van der Waals surface area contributed by atoms with Crippen molar-refractivity contribution in [1.29, 1.82) is 0 Å². The van der Waals surface area contributed by atoms with E-state index in [1.54, 1.807) is 26.2 Å². The van der Waals surface area contributed by atoms with E-state index >= 15 is 0 Å². The Balaban J connectivity index is 1.89. The second-order valence-corrected chi connectivity index (χ2v) is 6.74. The van der Waals surface area contributed by atoms with Gasteiger partial charge in [0.15, 0.2) is 0 Å². The molecule has 1 amide bonds. The summed E-state index contributed by atoms with van der Waals surface area (Å²) in [5.74, 6) is 0.208. The second-order valence-electron chi connectivity index (χ2n) is 6.74. The summed E-state index contributed by atoms with van der Waals surface area (Å²) in [5, 5.41) is 7.24. The van der Waals surface area contributed by atoms with Gasteiger partial charge in [-0.15, -0.1) is 0 Å². The normalized spacial score (nSPS) is 11.7. The van der Waals surface area contributed by atoms with Crippen LogP contribution in [0.15, 0.2) is 59.4 Å². The number of hydrogen-bond donors (Lipinski definition) is 1. The molecule has 6 nitrogen and oxygen atoms in total. The summed E-state index contributed by atoms with van der Waals surface area (Å²) in [6, 6.07) is 15.7. The number of carbonyl (C=O) groups is 1. The fourth-order valence-corrected chi connectivity index (χ4v) is 2.85. The summed E-state index contributed by atoms with van der Waals surface area (Å²) in [6.07, 6.45) is 0. The van der Waals surface area contributed by atoms with Gasteiger partial charge in [0.2, 0.25) is 5.91 Å². The highest BCUT2D eigenvalue weighted by molar-refractivity contribution is 5.94. The van der Waals surface area contributed by atoms with Crippen molar-refractivity contribution >= 4 is 11.6 Å². The highest BCUT2D eigenvalue weighted by atomic mass is 16.5. The van der Waals surface area contributed by atoms with E-state index in [2.05, 4.69) is 10.4 Å². The number of nitrogens with one attached hydrogen (secondary N) is 1. The van der Waals surface area contributed by atoms with Gasteiger partial charge in [-0.3, -0.25) is 9.59 Å². The third-order valence-electron chi connectivity index (χ3n) is 4.53. The van der Waals surface area contributed by atoms with Gasteiger partial charge in [-0.1, -0.05) is 35.9 Å². The molecule has 3 aromatic rings. The second kappa shape index (κ2) is 8.08. The minimum Gasteiger partial charge on any atom is -0.495 e. The molecular formula is C22H23N3O3. The van der Waals surface area contributed by atoms with Crippen LogP contribution in [0.1, 0.15) is 24.1 Å². The molecular weight excluding hydrogens is 354 g/mol. The predicted octanol–water partition coefficient (Wildman–Crippen LogP) is 3.74. The van der Waals surface area contributed by atoms with Gasteiger partial charge in [-0.05, 0) is 44.5 Å². The topological polar surface area (TPSA) is 73.2 Å². The van der Waals surface area contributed by atoms with Gasteiger partial charge in [-0.2, -0.15) is 5.10 Å². The summed E-state index contributed by atoms with van der Waals surface area (Å²) in [5.41, 5.74) is 3.86. The van der Waals surface area contributed by atoms with E-state index in [9.17, 15) is 9.59 Å². The Labute approximate surface area is 163 Å². The lowest BCUT2D eigenvalue weighted by Gasteiger charge is -2.16. The molecule has 0 spiro atoms. The number of anilines is 1. The number of benzene rings is 2. The predicted molar refractivity (Wildman–Crippen MR) is 110 cm³/mol. The maximum atomic E-state index is 12.8. The molecule has 0 radical (unpaired) electrons. The SMILES string of the molecule is COc1ccc(C)cc1NC(=O)C(C)n1nc(-c2ccc(C)cc2)ccc1=O. The Morgan fingerprint density at radius 2 is 1.71 bits per heavy atom. The van der Waals surface area contributed by atoms with Crippen LogP contribution >= 0.6 is 0 Å². The smallest absolute Gasteiger partial charge is 0.267 e. The Morgan fingerprint density at radius 1 is 1.04 bits per heavy atom. The lowest BCUT2D eigenvalue weighted by molar-refractivity contribution is -0.119. The number of aromatic nitrogens is 2. The Hall–Kier alpha value is -3.41. The van der Waals surface area contributed by atoms with Gasteiger partial charge in [0.1, 0.15) is 11.8 Å². The molecule has 0 aliphatic carbocycles. The average Bonchev–Trinajstić information content (AvgIpc) is 2.68. The molecule has 6 heteroatoms. The Bertz CT molecular complexity index is 1060. The van der Waals surface area contributed by atoms with Crippen molar-refractivity contribution in [3.8, 4) is 17.0 Å². The quantitative estimate of drug-likeness (QED) is 0.735. The van der Waals surface area contributed by atoms with Crippen LogP contribution in [-0.4, -0.2) is 22.8 Å². The van der Waals surface area contributed by atoms with Gasteiger partial charge in [0, 0.05) is 11.6 Å². The first-order chi connectivity index (χ1) is 13.4. The minimum atomic E-state index is -0.789. The maximum absolute atomic E-state index is 12.8. The molecule has 0 saturated carbocycles. The van der Waals surface area contributed by atoms with Crippen molar-refractivity contribution in [2.75, 3.05) is 12.4 Å². The monoisotopic (exact) mass is 377 g/mol. The van der Waals surface area contributed by atoms with Crippen molar-refractivity contribution in [2.24, 2.45) is 0 Å². The van der Waals surface area contributed by atoms with Gasteiger partial charge in [0.25, 0.3) is 5.56 Å². The van der Waals surface area contributed by atoms with Crippen molar-refractivity contribution in [2.45, 2.75) is 26.8 Å². The first-order valence-corrected chi connectivity index (χ1v) is 9.01. The van der Waals surface area contributed by atoms with E-state index in [1.165, 1.54) is 10.7 Å². The maximum Gasteiger partial charge on any atom is 0.267 e. The van der Waals surface area contributed by atoms with Crippen LogP contribution in [0.25, 0.3) is 11.3 Å². The molecule has 144 valence electrons. The molecule has 1 heterocycles. The van der Waals surface area contributed by atoms with Crippen molar-refractivity contribution < 1.29 is 9.53 Å². The van der Waals surface area contributed by atoms with Crippen molar-refractivity contribution in [3.05, 3.63) is 76.1 Å². The highest BCUT2D eigenvalue weighted by Crippen LogP contribution is 2.26. The molecule has 1 N–H and O–H groups in total. The Kier molecular flexibility index (Phi) is 5.59. The summed E-state index contributed by atoms with van der Waals surface area (Å²) in [4.78, 5) is 25.1. The van der Waals surface area contributed by atoms with Crippen LogP contribution in [-0.2, 0) is 4.79 Å². The fraction of sp³-hybridized carbons (Fsp3) is 0.227. The molecule has 28 heavy (non-hydrogen) atoms. The lowest BCUT2D eigenvalue weighted by atomic mass is 10.1. The summed E-state index contributed by atoms with van der Waals surface area (Å²) >= 11 is 0. The number of rotatable bonds is 5. The van der Waals surface area contributed by atoms with Crippen LogP contribution < -0.4 is 15.6 Å². The number of ether oxygens (including phenoxy) is 1. The van der Waals surface area contributed by atoms with Crippen molar-refractivity contribution in [3.63, 3.8) is 0 Å². The third kappa shape index (κ3) is 4.11. The zero-order valence-corrected chi connectivity index (χ0v) is 16.4. The van der Waals surface area contributed by atoms with E-state index < -0.39 is 6.04 Å². The van der Waals surface area contributed by atoms with Gasteiger partial charge >= 0.3 is 0 Å². The number of carbonyl (C=O) groups excluding carboxylic acids is 1. The largest absolute Gasteiger partial charge is 0.495 e. The van der Waals surface area contributed by atoms with Gasteiger partial charge < -0.3 is 10.1 Å². The minimum absolute atomic E-state index is 0.338. The number of amides is 1. The average molecular weight is 377 g/mol.